The first kappa shape index (κ1) is 13.4. The second-order valence-electron chi connectivity index (χ2n) is 6.43. The topological polar surface area (TPSA) is 15.3 Å². The van der Waals surface area contributed by atoms with Gasteiger partial charge in [-0.25, -0.2) is 0 Å². The highest BCUT2D eigenvalue weighted by Crippen LogP contribution is 2.48. The highest BCUT2D eigenvalue weighted by Gasteiger charge is 2.39. The van der Waals surface area contributed by atoms with Crippen molar-refractivity contribution in [1.82, 2.24) is 10.2 Å². The second kappa shape index (κ2) is 6.19. The fourth-order valence-corrected chi connectivity index (χ4v) is 4.13. The summed E-state index contributed by atoms with van der Waals surface area (Å²) >= 11 is 0. The molecule has 0 aromatic carbocycles. The zero-order chi connectivity index (χ0) is 12.3. The zero-order valence-electron chi connectivity index (χ0n) is 11.9. The second-order valence-corrected chi connectivity index (χ2v) is 6.43. The fraction of sp³-hybridized carbons (Fsp3) is 1.00. The number of hydrogen-bond donors (Lipinski definition) is 1. The number of nitrogens with zero attached hydrogens (tertiary/aromatic N) is 1. The van der Waals surface area contributed by atoms with Gasteiger partial charge in [-0.2, -0.15) is 0 Å². The van der Waals surface area contributed by atoms with Crippen LogP contribution in [-0.4, -0.2) is 38.1 Å². The van der Waals surface area contributed by atoms with E-state index in [4.69, 9.17) is 0 Å². The molecule has 100 valence electrons. The van der Waals surface area contributed by atoms with Crippen LogP contribution in [0, 0.1) is 17.8 Å². The number of fused-ring (bicyclic) bond motifs is 2. The van der Waals surface area contributed by atoms with Crippen LogP contribution in [0.2, 0.25) is 0 Å². The normalized spacial score (nSPS) is 33.5. The molecular formula is C15H30N2. The lowest BCUT2D eigenvalue weighted by Crippen LogP contribution is -2.40. The van der Waals surface area contributed by atoms with Crippen LogP contribution in [0.5, 0.6) is 0 Å². The monoisotopic (exact) mass is 238 g/mol. The third-order valence-corrected chi connectivity index (χ3v) is 5.01. The molecule has 2 rings (SSSR count). The van der Waals surface area contributed by atoms with Crippen molar-refractivity contribution in [2.45, 2.75) is 51.5 Å². The van der Waals surface area contributed by atoms with Crippen molar-refractivity contribution in [2.24, 2.45) is 17.8 Å². The molecule has 2 aliphatic carbocycles. The van der Waals surface area contributed by atoms with Crippen molar-refractivity contribution < 1.29 is 0 Å². The van der Waals surface area contributed by atoms with E-state index < -0.39 is 0 Å². The molecule has 0 saturated heterocycles. The number of nitrogens with one attached hydrogen (secondary N) is 1. The molecule has 2 bridgehead atoms. The van der Waals surface area contributed by atoms with Crippen LogP contribution in [0.1, 0.15) is 45.4 Å². The van der Waals surface area contributed by atoms with E-state index in [-0.39, 0.29) is 0 Å². The molecule has 2 nitrogen and oxygen atoms in total. The largest absolute Gasteiger partial charge is 0.316 e. The maximum absolute atomic E-state index is 3.45. The van der Waals surface area contributed by atoms with Crippen molar-refractivity contribution in [3.05, 3.63) is 0 Å². The highest BCUT2D eigenvalue weighted by molar-refractivity contribution is 4.91. The first-order chi connectivity index (χ1) is 8.22. The molecule has 0 amide bonds. The average Bonchev–Trinajstić information content (AvgIpc) is 2.90. The van der Waals surface area contributed by atoms with E-state index >= 15 is 0 Å². The molecule has 0 aromatic rings. The van der Waals surface area contributed by atoms with E-state index in [0.717, 1.165) is 17.8 Å². The van der Waals surface area contributed by atoms with Gasteiger partial charge in [0.05, 0.1) is 0 Å². The quantitative estimate of drug-likeness (QED) is 0.733. The van der Waals surface area contributed by atoms with E-state index in [1.165, 1.54) is 45.2 Å². The third kappa shape index (κ3) is 3.45. The number of rotatable bonds is 7. The van der Waals surface area contributed by atoms with E-state index in [1.54, 1.807) is 6.42 Å². The summed E-state index contributed by atoms with van der Waals surface area (Å²) in [6, 6.07) is 0.684. The van der Waals surface area contributed by atoms with E-state index in [9.17, 15) is 0 Å². The van der Waals surface area contributed by atoms with Gasteiger partial charge in [0, 0.05) is 19.1 Å². The van der Waals surface area contributed by atoms with Gasteiger partial charge in [-0.1, -0.05) is 19.8 Å². The Morgan fingerprint density at radius 2 is 2.12 bits per heavy atom. The molecule has 2 heteroatoms. The van der Waals surface area contributed by atoms with Crippen molar-refractivity contribution in [3.8, 4) is 0 Å². The van der Waals surface area contributed by atoms with Crippen molar-refractivity contribution in [3.63, 3.8) is 0 Å². The van der Waals surface area contributed by atoms with Crippen LogP contribution in [0.3, 0.4) is 0 Å². The average molecular weight is 238 g/mol. The van der Waals surface area contributed by atoms with Gasteiger partial charge in [-0.15, -0.1) is 0 Å². The van der Waals surface area contributed by atoms with Crippen LogP contribution >= 0.6 is 0 Å². The van der Waals surface area contributed by atoms with Crippen LogP contribution < -0.4 is 5.32 Å². The van der Waals surface area contributed by atoms with Gasteiger partial charge >= 0.3 is 0 Å². The van der Waals surface area contributed by atoms with Gasteiger partial charge < -0.3 is 10.2 Å². The Balaban J connectivity index is 1.71. The molecule has 2 saturated carbocycles. The summed E-state index contributed by atoms with van der Waals surface area (Å²) in [6.07, 6.45) is 8.70. The molecule has 2 aliphatic rings. The molecule has 0 spiro atoms. The Kier molecular flexibility index (Phi) is 4.87. The van der Waals surface area contributed by atoms with Crippen LogP contribution in [0.4, 0.5) is 0 Å². The maximum Gasteiger partial charge on any atom is 0.0191 e. The summed E-state index contributed by atoms with van der Waals surface area (Å²) in [5.74, 6) is 3.17. The molecular weight excluding hydrogens is 208 g/mol. The molecule has 2 fully saturated rings. The number of likely N-dealkylation sites (N-methyl/N-ethyl adjacent to an activating group) is 2. The summed E-state index contributed by atoms with van der Waals surface area (Å²) in [4.78, 5) is 2.57. The summed E-state index contributed by atoms with van der Waals surface area (Å²) in [5, 5.41) is 3.45. The maximum atomic E-state index is 3.45. The standard InChI is InChI=1S/C15H30N2/c1-4-5-15(16-2)11-17(3)10-14-9-12-6-7-13(14)8-12/h12-16H,4-11H2,1-3H3. The Hall–Kier alpha value is -0.0800. The smallest absolute Gasteiger partial charge is 0.0191 e. The van der Waals surface area contributed by atoms with E-state index in [0.29, 0.717) is 6.04 Å². The van der Waals surface area contributed by atoms with E-state index in [1.807, 2.05) is 0 Å². The zero-order valence-corrected chi connectivity index (χ0v) is 11.9. The van der Waals surface area contributed by atoms with Crippen molar-refractivity contribution in [2.75, 3.05) is 27.2 Å². The van der Waals surface area contributed by atoms with Crippen LogP contribution in [0.15, 0.2) is 0 Å². The first-order valence-electron chi connectivity index (χ1n) is 7.58. The van der Waals surface area contributed by atoms with Gasteiger partial charge in [0.25, 0.3) is 0 Å². The molecule has 17 heavy (non-hydrogen) atoms. The molecule has 0 aromatic heterocycles. The van der Waals surface area contributed by atoms with Gasteiger partial charge in [-0.3, -0.25) is 0 Å². The number of hydrogen-bond acceptors (Lipinski definition) is 2. The molecule has 0 aliphatic heterocycles. The SMILES string of the molecule is CCCC(CN(C)CC1CC2CCC1C2)NC. The fourth-order valence-electron chi connectivity index (χ4n) is 4.13. The Morgan fingerprint density at radius 3 is 2.65 bits per heavy atom. The lowest BCUT2D eigenvalue weighted by Gasteiger charge is -2.29. The summed E-state index contributed by atoms with van der Waals surface area (Å²) in [7, 11) is 4.41. The highest BCUT2D eigenvalue weighted by atomic mass is 15.1. The minimum atomic E-state index is 0.684. The Bertz CT molecular complexity index is 229. The predicted octanol–water partition coefficient (Wildman–Crippen LogP) is 2.74. The van der Waals surface area contributed by atoms with Crippen molar-refractivity contribution >= 4 is 0 Å². The van der Waals surface area contributed by atoms with Crippen molar-refractivity contribution in [1.29, 1.82) is 0 Å². The molecule has 0 radical (unpaired) electrons. The molecule has 4 unspecified atom stereocenters. The third-order valence-electron chi connectivity index (χ3n) is 5.01. The molecule has 4 atom stereocenters. The summed E-state index contributed by atoms with van der Waals surface area (Å²) in [6.45, 7) is 4.83. The van der Waals surface area contributed by atoms with Gasteiger partial charge in [0.15, 0.2) is 0 Å². The lowest BCUT2D eigenvalue weighted by molar-refractivity contribution is 0.203. The Morgan fingerprint density at radius 1 is 1.29 bits per heavy atom. The summed E-state index contributed by atoms with van der Waals surface area (Å²) in [5.41, 5.74) is 0. The molecule has 0 heterocycles. The lowest BCUT2D eigenvalue weighted by atomic mass is 9.88. The van der Waals surface area contributed by atoms with Crippen LogP contribution in [0.25, 0.3) is 0 Å². The van der Waals surface area contributed by atoms with E-state index in [2.05, 4.69) is 31.2 Å². The van der Waals surface area contributed by atoms with Crippen LogP contribution in [-0.2, 0) is 0 Å². The molecule has 1 N–H and O–H groups in total. The van der Waals surface area contributed by atoms with Gasteiger partial charge in [-0.05, 0) is 57.5 Å². The minimum Gasteiger partial charge on any atom is -0.316 e. The van der Waals surface area contributed by atoms with Gasteiger partial charge in [0.2, 0.25) is 0 Å². The van der Waals surface area contributed by atoms with Gasteiger partial charge in [0.1, 0.15) is 0 Å². The Labute approximate surface area is 107 Å². The first-order valence-corrected chi connectivity index (χ1v) is 7.58. The minimum absolute atomic E-state index is 0.684. The predicted molar refractivity (Wildman–Crippen MR) is 74.2 cm³/mol. The summed E-state index contributed by atoms with van der Waals surface area (Å²) < 4.78 is 0.